The zero-order valence-electron chi connectivity index (χ0n) is 11.9. The van der Waals surface area contributed by atoms with Gasteiger partial charge in [0.2, 0.25) is 0 Å². The summed E-state index contributed by atoms with van der Waals surface area (Å²) < 4.78 is 5.45. The smallest absolute Gasteiger partial charge is 0.193 e. The summed E-state index contributed by atoms with van der Waals surface area (Å²) in [6.45, 7) is 6.43. The zero-order chi connectivity index (χ0) is 13.8. The van der Waals surface area contributed by atoms with E-state index in [1.165, 1.54) is 5.56 Å². The van der Waals surface area contributed by atoms with Crippen LogP contribution < -0.4 is 11.1 Å². The summed E-state index contributed by atoms with van der Waals surface area (Å²) in [5, 5.41) is 3.06. The topological polar surface area (TPSA) is 63.5 Å². The summed E-state index contributed by atoms with van der Waals surface area (Å²) in [7, 11) is 0. The Morgan fingerprint density at radius 3 is 2.40 bits per heavy atom. The van der Waals surface area contributed by atoms with Crippen molar-refractivity contribution in [3.8, 4) is 0 Å². The van der Waals surface area contributed by atoms with Crippen LogP contribution >= 0.6 is 24.0 Å². The maximum absolute atomic E-state index is 5.86. The molecule has 0 aliphatic carbocycles. The molecule has 4 nitrogen and oxygen atoms in total. The maximum atomic E-state index is 5.86. The van der Waals surface area contributed by atoms with Crippen LogP contribution in [0.2, 0.25) is 0 Å². The van der Waals surface area contributed by atoms with E-state index in [0.717, 1.165) is 22.8 Å². The van der Waals surface area contributed by atoms with E-state index in [2.05, 4.69) is 10.3 Å². The second kappa shape index (κ2) is 7.33. The number of aliphatic imine (C=N–C) groups is 1. The van der Waals surface area contributed by atoms with E-state index >= 15 is 0 Å². The molecule has 5 heteroatoms. The summed E-state index contributed by atoms with van der Waals surface area (Å²) in [6, 6.07) is 9.99. The molecule has 0 saturated carbocycles. The number of nitrogens with one attached hydrogen (secondary N) is 1. The highest BCUT2D eigenvalue weighted by molar-refractivity contribution is 14.0. The van der Waals surface area contributed by atoms with Crippen molar-refractivity contribution in [2.45, 2.75) is 27.3 Å². The van der Waals surface area contributed by atoms with Gasteiger partial charge in [0, 0.05) is 11.3 Å². The Kier molecular flexibility index (Phi) is 6.06. The lowest BCUT2D eigenvalue weighted by atomic mass is 10.2. The number of hydrogen-bond donors (Lipinski definition) is 2. The Morgan fingerprint density at radius 1 is 1.20 bits per heavy atom. The molecule has 1 heterocycles. The fourth-order valence-corrected chi connectivity index (χ4v) is 1.84. The van der Waals surface area contributed by atoms with Gasteiger partial charge in [-0.15, -0.1) is 24.0 Å². The Hall–Kier alpha value is -1.50. The van der Waals surface area contributed by atoms with E-state index in [-0.39, 0.29) is 24.0 Å². The van der Waals surface area contributed by atoms with Crippen LogP contribution in [0.15, 0.2) is 39.7 Å². The van der Waals surface area contributed by atoms with Crippen molar-refractivity contribution in [3.63, 3.8) is 0 Å². The van der Waals surface area contributed by atoms with Gasteiger partial charge in [0.15, 0.2) is 5.96 Å². The lowest BCUT2D eigenvalue weighted by molar-refractivity contribution is 0.501. The molecule has 3 N–H and O–H groups in total. The molecular formula is C15H20IN3O. The summed E-state index contributed by atoms with van der Waals surface area (Å²) in [6.07, 6.45) is 0. The van der Waals surface area contributed by atoms with Crippen molar-refractivity contribution in [2.75, 3.05) is 5.32 Å². The molecule has 2 rings (SSSR count). The van der Waals surface area contributed by atoms with Gasteiger partial charge in [0.1, 0.15) is 11.5 Å². The van der Waals surface area contributed by atoms with Gasteiger partial charge >= 0.3 is 0 Å². The number of nitrogens with zero attached hydrogens (tertiary/aromatic N) is 1. The number of hydrogen-bond acceptors (Lipinski definition) is 2. The Bertz CT molecular complexity index is 588. The van der Waals surface area contributed by atoms with Gasteiger partial charge in [-0.05, 0) is 39.0 Å². The lowest BCUT2D eigenvalue weighted by Crippen LogP contribution is -2.22. The van der Waals surface area contributed by atoms with Crippen LogP contribution in [0.3, 0.4) is 0 Å². The van der Waals surface area contributed by atoms with Crippen molar-refractivity contribution in [1.29, 1.82) is 0 Å². The molecule has 0 fully saturated rings. The molecule has 108 valence electrons. The van der Waals surface area contributed by atoms with Crippen LogP contribution in [0, 0.1) is 20.8 Å². The first-order valence-corrected chi connectivity index (χ1v) is 6.24. The van der Waals surface area contributed by atoms with Crippen LogP contribution in [-0.2, 0) is 6.54 Å². The van der Waals surface area contributed by atoms with Crippen molar-refractivity contribution < 1.29 is 4.42 Å². The van der Waals surface area contributed by atoms with E-state index in [4.69, 9.17) is 10.2 Å². The highest BCUT2D eigenvalue weighted by atomic mass is 127. The standard InChI is InChI=1S/C15H19N3O.HI/c1-10-4-6-14(7-5-10)18-15(16)17-9-13-8-11(2)19-12(13)3;/h4-8H,9H2,1-3H3,(H3,16,17,18);1H. The molecule has 0 atom stereocenters. The number of furan rings is 1. The normalized spacial score (nSPS) is 11.1. The fraction of sp³-hybridized carbons (Fsp3) is 0.267. The minimum atomic E-state index is 0. The molecular weight excluding hydrogens is 365 g/mol. The third kappa shape index (κ3) is 4.56. The molecule has 0 aliphatic heterocycles. The first-order valence-electron chi connectivity index (χ1n) is 6.24. The van der Waals surface area contributed by atoms with Crippen molar-refractivity contribution in [1.82, 2.24) is 0 Å². The molecule has 0 amide bonds. The molecule has 0 saturated heterocycles. The number of rotatable bonds is 3. The summed E-state index contributed by atoms with van der Waals surface area (Å²) in [5.41, 5.74) is 9.07. The fourth-order valence-electron chi connectivity index (χ4n) is 1.84. The van der Waals surface area contributed by atoms with E-state index in [1.54, 1.807) is 0 Å². The second-order valence-corrected chi connectivity index (χ2v) is 4.63. The Balaban J connectivity index is 0.00000200. The summed E-state index contributed by atoms with van der Waals surface area (Å²) >= 11 is 0. The number of benzene rings is 1. The Morgan fingerprint density at radius 2 is 1.85 bits per heavy atom. The molecule has 20 heavy (non-hydrogen) atoms. The van der Waals surface area contributed by atoms with Crippen LogP contribution in [0.4, 0.5) is 5.69 Å². The van der Waals surface area contributed by atoms with E-state index in [0.29, 0.717) is 12.5 Å². The lowest BCUT2D eigenvalue weighted by Gasteiger charge is -2.05. The van der Waals surface area contributed by atoms with Gasteiger partial charge in [-0.2, -0.15) is 0 Å². The average molecular weight is 385 g/mol. The summed E-state index contributed by atoms with van der Waals surface area (Å²) in [4.78, 5) is 4.31. The van der Waals surface area contributed by atoms with Gasteiger partial charge in [0.05, 0.1) is 6.54 Å². The molecule has 0 unspecified atom stereocenters. The van der Waals surface area contributed by atoms with Crippen LogP contribution in [0.1, 0.15) is 22.6 Å². The van der Waals surface area contributed by atoms with Gasteiger partial charge in [-0.1, -0.05) is 17.7 Å². The van der Waals surface area contributed by atoms with Crippen LogP contribution in [-0.4, -0.2) is 5.96 Å². The molecule has 1 aromatic heterocycles. The van der Waals surface area contributed by atoms with E-state index in [1.807, 2.05) is 51.1 Å². The predicted molar refractivity (Wildman–Crippen MR) is 93.7 cm³/mol. The average Bonchev–Trinajstić information content (AvgIpc) is 2.68. The van der Waals surface area contributed by atoms with E-state index in [9.17, 15) is 0 Å². The largest absolute Gasteiger partial charge is 0.466 e. The van der Waals surface area contributed by atoms with Gasteiger partial charge in [-0.3, -0.25) is 0 Å². The number of aryl methyl sites for hydroxylation is 3. The predicted octanol–water partition coefficient (Wildman–Crippen LogP) is 3.75. The number of nitrogens with two attached hydrogens (primary N) is 1. The van der Waals surface area contributed by atoms with Crippen molar-refractivity contribution >= 4 is 35.6 Å². The first-order chi connectivity index (χ1) is 9.04. The van der Waals surface area contributed by atoms with Gasteiger partial charge in [-0.25, -0.2) is 4.99 Å². The molecule has 1 aromatic carbocycles. The molecule has 0 radical (unpaired) electrons. The van der Waals surface area contributed by atoms with Crippen LogP contribution in [0.25, 0.3) is 0 Å². The monoisotopic (exact) mass is 385 g/mol. The zero-order valence-corrected chi connectivity index (χ0v) is 14.3. The van der Waals surface area contributed by atoms with Crippen molar-refractivity contribution in [3.05, 3.63) is 53.0 Å². The molecule has 0 bridgehead atoms. The van der Waals surface area contributed by atoms with Crippen molar-refractivity contribution in [2.24, 2.45) is 10.7 Å². The number of guanidine groups is 1. The number of anilines is 1. The molecule has 0 spiro atoms. The third-order valence-corrected chi connectivity index (χ3v) is 2.89. The van der Waals surface area contributed by atoms with E-state index < -0.39 is 0 Å². The second-order valence-electron chi connectivity index (χ2n) is 4.63. The minimum Gasteiger partial charge on any atom is -0.466 e. The maximum Gasteiger partial charge on any atom is 0.193 e. The third-order valence-electron chi connectivity index (χ3n) is 2.89. The SMILES string of the molecule is Cc1ccc(NC(N)=NCc2cc(C)oc2C)cc1.I. The number of halogens is 1. The first kappa shape index (κ1) is 16.6. The quantitative estimate of drug-likeness (QED) is 0.481. The summed E-state index contributed by atoms with van der Waals surface area (Å²) in [5.74, 6) is 2.19. The minimum absolute atomic E-state index is 0. The molecule has 0 aliphatic rings. The highest BCUT2D eigenvalue weighted by Crippen LogP contribution is 2.14. The van der Waals surface area contributed by atoms with Gasteiger partial charge < -0.3 is 15.5 Å². The Labute approximate surface area is 136 Å². The van der Waals surface area contributed by atoms with Crippen LogP contribution in [0.5, 0.6) is 0 Å². The molecule has 2 aromatic rings. The van der Waals surface area contributed by atoms with Gasteiger partial charge in [0.25, 0.3) is 0 Å². The highest BCUT2D eigenvalue weighted by Gasteiger charge is 2.03.